The van der Waals surface area contributed by atoms with E-state index in [1.54, 1.807) is 35.9 Å². The normalized spacial score (nSPS) is 10.8. The summed E-state index contributed by atoms with van der Waals surface area (Å²) in [5.74, 6) is -0.429. The van der Waals surface area contributed by atoms with Crippen LogP contribution < -0.4 is 15.4 Å². The predicted octanol–water partition coefficient (Wildman–Crippen LogP) is 5.35. The van der Waals surface area contributed by atoms with Gasteiger partial charge in [0.25, 0.3) is 5.91 Å². The van der Waals surface area contributed by atoms with Crippen LogP contribution in [0.4, 0.5) is 10.1 Å². The van der Waals surface area contributed by atoms with Crippen LogP contribution in [0.25, 0.3) is 5.69 Å². The zero-order valence-electron chi connectivity index (χ0n) is 20.9. The molecule has 2 amide bonds. The summed E-state index contributed by atoms with van der Waals surface area (Å²) < 4.78 is 21.1. The van der Waals surface area contributed by atoms with Gasteiger partial charge in [0.05, 0.1) is 35.7 Å². The number of carbonyl (C=O) groups is 2. The maximum Gasteiger partial charge on any atom is 0.256 e. The van der Waals surface area contributed by atoms with Crippen LogP contribution in [0.15, 0.2) is 65.8 Å². The molecule has 38 heavy (non-hydrogen) atoms. The molecular formula is C27H25ClFN5O3S. The third-order valence-corrected chi connectivity index (χ3v) is 7.06. The standard InChI is InChI=1S/C27H25ClFN5O3S/c1-16-6-4-9-22(17(16)2)34-23(14-30-26(36)25-20(28)7-5-8-21(25)29)32-33-27(34)38-15-24(35)31-18-10-12-19(37-3)13-11-18/h4-13H,14-15H2,1-3H3,(H,30,36)(H,31,35). The lowest BCUT2D eigenvalue weighted by Crippen LogP contribution is -2.26. The Morgan fingerprint density at radius 2 is 1.79 bits per heavy atom. The Morgan fingerprint density at radius 3 is 2.50 bits per heavy atom. The molecule has 0 saturated carbocycles. The van der Waals surface area contributed by atoms with Crippen molar-refractivity contribution in [3.63, 3.8) is 0 Å². The Hall–Kier alpha value is -3.89. The van der Waals surface area contributed by atoms with E-state index in [-0.39, 0.29) is 28.8 Å². The summed E-state index contributed by atoms with van der Waals surface area (Å²) in [7, 11) is 1.57. The number of nitrogens with zero attached hydrogens (tertiary/aromatic N) is 3. The van der Waals surface area contributed by atoms with E-state index in [1.165, 1.54) is 30.0 Å². The summed E-state index contributed by atoms with van der Waals surface area (Å²) in [6, 6.07) is 16.9. The number of thioether (sulfide) groups is 1. The van der Waals surface area contributed by atoms with Crippen molar-refractivity contribution in [2.45, 2.75) is 25.5 Å². The van der Waals surface area contributed by atoms with Gasteiger partial charge in [0.15, 0.2) is 11.0 Å². The number of rotatable bonds is 9. The molecule has 0 radical (unpaired) electrons. The molecule has 0 fully saturated rings. The van der Waals surface area contributed by atoms with Crippen LogP contribution in [0.2, 0.25) is 5.02 Å². The number of hydrogen-bond acceptors (Lipinski definition) is 6. The first-order valence-corrected chi connectivity index (χ1v) is 12.9. The summed E-state index contributed by atoms with van der Waals surface area (Å²) in [6.07, 6.45) is 0. The fourth-order valence-electron chi connectivity index (χ4n) is 3.69. The molecule has 4 rings (SSSR count). The average Bonchev–Trinajstić information content (AvgIpc) is 3.30. The molecule has 0 aliphatic carbocycles. The first-order chi connectivity index (χ1) is 18.3. The Bertz CT molecular complexity index is 1460. The molecule has 0 unspecified atom stereocenters. The summed E-state index contributed by atoms with van der Waals surface area (Å²) in [4.78, 5) is 25.3. The van der Waals surface area contributed by atoms with Crippen LogP contribution in [0.5, 0.6) is 5.75 Å². The molecule has 0 aliphatic rings. The highest BCUT2D eigenvalue weighted by Crippen LogP contribution is 2.26. The van der Waals surface area contributed by atoms with Crippen LogP contribution in [0.1, 0.15) is 27.3 Å². The summed E-state index contributed by atoms with van der Waals surface area (Å²) in [5.41, 5.74) is 3.25. The van der Waals surface area contributed by atoms with Crippen LogP contribution in [-0.2, 0) is 11.3 Å². The minimum Gasteiger partial charge on any atom is -0.497 e. The maximum atomic E-state index is 14.2. The van der Waals surface area contributed by atoms with E-state index >= 15 is 0 Å². The average molecular weight is 554 g/mol. The Labute approximate surface area is 228 Å². The van der Waals surface area contributed by atoms with E-state index in [1.807, 2.05) is 32.0 Å². The molecule has 196 valence electrons. The third-order valence-electron chi connectivity index (χ3n) is 5.82. The highest BCUT2D eigenvalue weighted by atomic mass is 35.5. The SMILES string of the molecule is COc1ccc(NC(=O)CSc2nnc(CNC(=O)c3c(F)cccc3Cl)n2-c2cccc(C)c2C)cc1. The summed E-state index contributed by atoms with van der Waals surface area (Å²) in [5, 5.41) is 14.5. The molecule has 0 bridgehead atoms. The first kappa shape index (κ1) is 27.2. The Morgan fingerprint density at radius 1 is 1.05 bits per heavy atom. The number of aryl methyl sites for hydroxylation is 1. The number of hydrogen-bond donors (Lipinski definition) is 2. The second-order valence-corrected chi connectivity index (χ2v) is 9.65. The first-order valence-electron chi connectivity index (χ1n) is 11.6. The number of benzene rings is 3. The second kappa shape index (κ2) is 12.1. The zero-order chi connectivity index (χ0) is 27.2. The number of amides is 2. The summed E-state index contributed by atoms with van der Waals surface area (Å²) in [6.45, 7) is 3.92. The molecule has 0 saturated heterocycles. The molecule has 0 aliphatic heterocycles. The monoisotopic (exact) mass is 553 g/mol. The van der Waals surface area contributed by atoms with Crippen LogP contribution in [0, 0.1) is 19.7 Å². The van der Waals surface area contributed by atoms with Crippen molar-refractivity contribution in [2.75, 3.05) is 18.2 Å². The molecule has 2 N–H and O–H groups in total. The van der Waals surface area contributed by atoms with E-state index in [9.17, 15) is 14.0 Å². The smallest absolute Gasteiger partial charge is 0.256 e. The Kier molecular flexibility index (Phi) is 8.65. The number of ether oxygens (including phenoxy) is 1. The minimum atomic E-state index is -0.717. The number of carbonyl (C=O) groups excluding carboxylic acids is 2. The molecular weight excluding hydrogens is 529 g/mol. The van der Waals surface area contributed by atoms with E-state index in [0.717, 1.165) is 16.8 Å². The van der Waals surface area contributed by atoms with Crippen molar-refractivity contribution in [1.29, 1.82) is 0 Å². The molecule has 0 atom stereocenters. The molecule has 0 spiro atoms. The molecule has 11 heteroatoms. The number of aromatic nitrogens is 3. The minimum absolute atomic E-state index is 0.0117. The van der Waals surface area contributed by atoms with E-state index < -0.39 is 11.7 Å². The molecule has 1 heterocycles. The van der Waals surface area contributed by atoms with Gasteiger partial charge < -0.3 is 15.4 Å². The fraction of sp³-hybridized carbons (Fsp3) is 0.185. The lowest BCUT2D eigenvalue weighted by Gasteiger charge is -2.15. The van der Waals surface area contributed by atoms with Crippen LogP contribution >= 0.6 is 23.4 Å². The van der Waals surface area contributed by atoms with E-state index in [2.05, 4.69) is 20.8 Å². The van der Waals surface area contributed by atoms with E-state index in [4.69, 9.17) is 16.3 Å². The third kappa shape index (κ3) is 6.15. The van der Waals surface area contributed by atoms with Crippen molar-refractivity contribution < 1.29 is 18.7 Å². The highest BCUT2D eigenvalue weighted by Gasteiger charge is 2.20. The molecule has 1 aromatic heterocycles. The van der Waals surface area contributed by atoms with Gasteiger partial charge in [0.1, 0.15) is 11.6 Å². The molecule has 8 nitrogen and oxygen atoms in total. The quantitative estimate of drug-likeness (QED) is 0.271. The zero-order valence-corrected chi connectivity index (χ0v) is 22.5. The van der Waals surface area contributed by atoms with E-state index in [0.29, 0.717) is 22.4 Å². The van der Waals surface area contributed by atoms with Crippen LogP contribution in [-0.4, -0.2) is 39.4 Å². The van der Waals surface area contributed by atoms with Crippen molar-refractivity contribution in [2.24, 2.45) is 0 Å². The van der Waals surface area contributed by atoms with Crippen molar-refractivity contribution >= 4 is 40.9 Å². The lowest BCUT2D eigenvalue weighted by molar-refractivity contribution is -0.113. The van der Waals surface area contributed by atoms with Crippen molar-refractivity contribution in [3.8, 4) is 11.4 Å². The van der Waals surface area contributed by atoms with Gasteiger partial charge in [0, 0.05) is 5.69 Å². The van der Waals surface area contributed by atoms with Gasteiger partial charge in [-0.05, 0) is 67.4 Å². The maximum absolute atomic E-state index is 14.2. The fourth-order valence-corrected chi connectivity index (χ4v) is 4.70. The second-order valence-electron chi connectivity index (χ2n) is 8.30. The highest BCUT2D eigenvalue weighted by molar-refractivity contribution is 7.99. The molecule has 4 aromatic rings. The lowest BCUT2D eigenvalue weighted by atomic mass is 10.1. The van der Waals surface area contributed by atoms with Gasteiger partial charge in [-0.25, -0.2) is 4.39 Å². The van der Waals surface area contributed by atoms with Gasteiger partial charge in [-0.1, -0.05) is 41.6 Å². The van der Waals surface area contributed by atoms with Crippen molar-refractivity contribution in [1.82, 2.24) is 20.1 Å². The van der Waals surface area contributed by atoms with Crippen molar-refractivity contribution in [3.05, 3.63) is 94.0 Å². The number of nitrogens with one attached hydrogen (secondary N) is 2. The molecule has 3 aromatic carbocycles. The number of halogens is 2. The van der Waals surface area contributed by atoms with Crippen LogP contribution in [0.3, 0.4) is 0 Å². The number of methoxy groups -OCH3 is 1. The summed E-state index contributed by atoms with van der Waals surface area (Å²) >= 11 is 7.24. The van der Waals surface area contributed by atoms with Gasteiger partial charge >= 0.3 is 0 Å². The van der Waals surface area contributed by atoms with Gasteiger partial charge in [0.2, 0.25) is 5.91 Å². The largest absolute Gasteiger partial charge is 0.497 e. The predicted molar refractivity (Wildman–Crippen MR) is 146 cm³/mol. The van der Waals surface area contributed by atoms with Gasteiger partial charge in [-0.3, -0.25) is 14.2 Å². The topological polar surface area (TPSA) is 98.1 Å². The Balaban J connectivity index is 1.55. The number of anilines is 1. The van der Waals surface area contributed by atoms with Gasteiger partial charge in [-0.15, -0.1) is 10.2 Å². The van der Waals surface area contributed by atoms with Gasteiger partial charge in [-0.2, -0.15) is 0 Å².